The highest BCUT2D eigenvalue weighted by Gasteiger charge is 2.20. The van der Waals surface area contributed by atoms with Gasteiger partial charge in [-0.25, -0.2) is 0 Å². The summed E-state index contributed by atoms with van der Waals surface area (Å²) in [5, 5.41) is 7.00. The van der Waals surface area contributed by atoms with Crippen LogP contribution in [-0.4, -0.2) is 73.8 Å². The molecule has 0 atom stereocenters. The van der Waals surface area contributed by atoms with E-state index in [1.165, 1.54) is 0 Å². The molecule has 0 saturated carbocycles. The molecule has 138 valence electrons. The summed E-state index contributed by atoms with van der Waals surface area (Å²) in [6.07, 6.45) is 0. The number of benzene rings is 1. The number of piperazine rings is 1. The molecule has 7 heteroatoms. The average molecular weight is 365 g/mol. The van der Waals surface area contributed by atoms with Crippen molar-refractivity contribution in [2.75, 3.05) is 58.3 Å². The van der Waals surface area contributed by atoms with E-state index in [4.69, 9.17) is 17.0 Å². The Morgan fingerprint density at radius 1 is 1.20 bits per heavy atom. The van der Waals surface area contributed by atoms with Crippen molar-refractivity contribution in [3.05, 3.63) is 29.3 Å². The Morgan fingerprint density at radius 2 is 1.84 bits per heavy atom. The van der Waals surface area contributed by atoms with Crippen molar-refractivity contribution < 1.29 is 9.53 Å². The highest BCUT2D eigenvalue weighted by atomic mass is 32.1. The Kier molecular flexibility index (Phi) is 7.61. The molecule has 1 aromatic rings. The maximum Gasteiger partial charge on any atom is 0.238 e. The molecular formula is C18H28N4O2S. The second kappa shape index (κ2) is 9.70. The molecule has 0 aromatic heterocycles. The number of nitrogens with one attached hydrogen (secondary N) is 2. The summed E-state index contributed by atoms with van der Waals surface area (Å²) in [5.41, 5.74) is 3.10. The molecular weight excluding hydrogens is 336 g/mol. The number of carbonyl (C=O) groups excluding carboxylic acids is 1. The SMILES string of the molecule is COCCNC(=S)N1CCN(CC(=O)Nc2c(C)cccc2C)CC1. The highest BCUT2D eigenvalue weighted by Crippen LogP contribution is 2.19. The molecule has 6 nitrogen and oxygen atoms in total. The van der Waals surface area contributed by atoms with Gasteiger partial charge >= 0.3 is 0 Å². The Labute approximate surface area is 155 Å². The summed E-state index contributed by atoms with van der Waals surface area (Å²) in [7, 11) is 1.67. The molecule has 1 aromatic carbocycles. The van der Waals surface area contributed by atoms with Crippen LogP contribution in [0.2, 0.25) is 0 Å². The van der Waals surface area contributed by atoms with Gasteiger partial charge in [0.1, 0.15) is 0 Å². The first-order chi connectivity index (χ1) is 12.0. The van der Waals surface area contributed by atoms with Crippen molar-refractivity contribution in [1.29, 1.82) is 0 Å². The molecule has 0 aliphatic carbocycles. The average Bonchev–Trinajstić information content (AvgIpc) is 2.59. The molecule has 1 saturated heterocycles. The molecule has 1 fully saturated rings. The summed E-state index contributed by atoms with van der Waals surface area (Å²) in [6, 6.07) is 6.03. The highest BCUT2D eigenvalue weighted by molar-refractivity contribution is 7.80. The fraction of sp³-hybridized carbons (Fsp3) is 0.556. The van der Waals surface area contributed by atoms with Crippen LogP contribution in [0, 0.1) is 13.8 Å². The second-order valence-electron chi connectivity index (χ2n) is 6.30. The fourth-order valence-corrected chi connectivity index (χ4v) is 3.16. The first kappa shape index (κ1) is 19.6. The number of nitrogens with zero attached hydrogens (tertiary/aromatic N) is 2. The number of aryl methyl sites for hydroxylation is 2. The molecule has 0 unspecified atom stereocenters. The number of hydrogen-bond acceptors (Lipinski definition) is 4. The van der Waals surface area contributed by atoms with Crippen molar-refractivity contribution in [3.8, 4) is 0 Å². The lowest BCUT2D eigenvalue weighted by Crippen LogP contribution is -2.53. The molecule has 0 radical (unpaired) electrons. The molecule has 25 heavy (non-hydrogen) atoms. The van der Waals surface area contributed by atoms with Gasteiger partial charge in [0.05, 0.1) is 13.2 Å². The van der Waals surface area contributed by atoms with Gasteiger partial charge in [0.25, 0.3) is 0 Å². The number of hydrogen-bond donors (Lipinski definition) is 2. The molecule has 2 N–H and O–H groups in total. The van der Waals surface area contributed by atoms with Crippen LogP contribution in [0.5, 0.6) is 0 Å². The van der Waals surface area contributed by atoms with Gasteiger partial charge in [-0.3, -0.25) is 9.69 Å². The van der Waals surface area contributed by atoms with E-state index in [-0.39, 0.29) is 5.91 Å². The number of anilines is 1. The maximum atomic E-state index is 12.4. The van der Waals surface area contributed by atoms with Crippen LogP contribution in [0.4, 0.5) is 5.69 Å². The van der Waals surface area contributed by atoms with E-state index in [2.05, 4.69) is 20.4 Å². The summed E-state index contributed by atoms with van der Waals surface area (Å²) in [4.78, 5) is 16.7. The Hall–Kier alpha value is -1.70. The van der Waals surface area contributed by atoms with Gasteiger partial charge in [-0.15, -0.1) is 0 Å². The number of carbonyl (C=O) groups is 1. The standard InChI is InChI=1S/C18H28N4O2S/c1-14-5-4-6-15(2)17(14)20-16(23)13-21-8-10-22(11-9-21)18(25)19-7-12-24-3/h4-6H,7-13H2,1-3H3,(H,19,25)(H,20,23). The summed E-state index contributed by atoms with van der Waals surface area (Å²) < 4.78 is 5.01. The van der Waals surface area contributed by atoms with Crippen molar-refractivity contribution in [3.63, 3.8) is 0 Å². The van der Waals surface area contributed by atoms with Crippen LogP contribution in [-0.2, 0) is 9.53 Å². The molecule has 1 amide bonds. The van der Waals surface area contributed by atoms with Crippen LogP contribution in [0.25, 0.3) is 0 Å². The summed E-state index contributed by atoms with van der Waals surface area (Å²) in [6.45, 7) is 9.10. The van der Waals surface area contributed by atoms with Gasteiger partial charge in [0.2, 0.25) is 5.91 Å². The van der Waals surface area contributed by atoms with E-state index >= 15 is 0 Å². The Balaban J connectivity index is 1.76. The van der Waals surface area contributed by atoms with Crippen molar-refractivity contribution in [2.24, 2.45) is 0 Å². The van der Waals surface area contributed by atoms with Crippen LogP contribution in [0.15, 0.2) is 18.2 Å². The third kappa shape index (κ3) is 5.95. The molecule has 0 spiro atoms. The lowest BCUT2D eigenvalue weighted by molar-refractivity contribution is -0.117. The van der Waals surface area contributed by atoms with E-state index in [0.717, 1.165) is 48.1 Å². The Bertz CT molecular complexity index is 580. The smallest absolute Gasteiger partial charge is 0.238 e. The third-order valence-corrected chi connectivity index (χ3v) is 4.76. The van der Waals surface area contributed by atoms with Crippen LogP contribution in [0.3, 0.4) is 0 Å². The second-order valence-corrected chi connectivity index (χ2v) is 6.69. The van der Waals surface area contributed by atoms with Gasteiger partial charge in [-0.1, -0.05) is 18.2 Å². The van der Waals surface area contributed by atoms with Gasteiger partial charge in [0, 0.05) is 45.5 Å². The van der Waals surface area contributed by atoms with Gasteiger partial charge < -0.3 is 20.3 Å². The first-order valence-electron chi connectivity index (χ1n) is 8.61. The zero-order valence-corrected chi connectivity index (χ0v) is 16.1. The van der Waals surface area contributed by atoms with E-state index in [1.54, 1.807) is 7.11 Å². The van der Waals surface area contributed by atoms with Gasteiger partial charge in [-0.05, 0) is 37.2 Å². The predicted octanol–water partition coefficient (Wildman–Crippen LogP) is 1.38. The number of amides is 1. The van der Waals surface area contributed by atoms with E-state index < -0.39 is 0 Å². The molecule has 2 rings (SSSR count). The normalized spacial score (nSPS) is 15.1. The monoisotopic (exact) mass is 364 g/mol. The van der Waals surface area contributed by atoms with Crippen LogP contribution < -0.4 is 10.6 Å². The van der Waals surface area contributed by atoms with Gasteiger partial charge in [0.15, 0.2) is 5.11 Å². The van der Waals surface area contributed by atoms with Crippen LogP contribution in [0.1, 0.15) is 11.1 Å². The lowest BCUT2D eigenvalue weighted by atomic mass is 10.1. The first-order valence-corrected chi connectivity index (χ1v) is 9.02. The van der Waals surface area contributed by atoms with Crippen molar-refractivity contribution in [1.82, 2.24) is 15.1 Å². The molecule has 1 heterocycles. The van der Waals surface area contributed by atoms with E-state index in [0.29, 0.717) is 19.7 Å². The number of methoxy groups -OCH3 is 1. The summed E-state index contributed by atoms with van der Waals surface area (Å²) in [5.74, 6) is 0.0339. The summed E-state index contributed by atoms with van der Waals surface area (Å²) >= 11 is 5.39. The number of thiocarbonyl (C=S) groups is 1. The number of rotatable bonds is 6. The fourth-order valence-electron chi connectivity index (χ4n) is 2.87. The molecule has 1 aliphatic heterocycles. The largest absolute Gasteiger partial charge is 0.383 e. The predicted molar refractivity (Wildman–Crippen MR) is 105 cm³/mol. The van der Waals surface area contributed by atoms with Crippen molar-refractivity contribution >= 4 is 28.9 Å². The lowest BCUT2D eigenvalue weighted by Gasteiger charge is -2.35. The quantitative estimate of drug-likeness (QED) is 0.588. The topological polar surface area (TPSA) is 56.8 Å². The molecule has 0 bridgehead atoms. The minimum absolute atomic E-state index is 0.0339. The van der Waals surface area contributed by atoms with Crippen molar-refractivity contribution in [2.45, 2.75) is 13.8 Å². The van der Waals surface area contributed by atoms with E-state index in [9.17, 15) is 4.79 Å². The number of para-hydroxylation sites is 1. The van der Waals surface area contributed by atoms with Crippen LogP contribution >= 0.6 is 12.2 Å². The third-order valence-electron chi connectivity index (χ3n) is 4.35. The zero-order valence-electron chi connectivity index (χ0n) is 15.3. The van der Waals surface area contributed by atoms with E-state index in [1.807, 2.05) is 32.0 Å². The number of ether oxygens (including phenoxy) is 1. The Morgan fingerprint density at radius 3 is 2.44 bits per heavy atom. The van der Waals surface area contributed by atoms with Gasteiger partial charge in [-0.2, -0.15) is 0 Å². The minimum Gasteiger partial charge on any atom is -0.383 e. The maximum absolute atomic E-state index is 12.4. The molecule has 1 aliphatic rings. The zero-order chi connectivity index (χ0) is 18.2. The minimum atomic E-state index is 0.0339.